The Morgan fingerprint density at radius 2 is 2.23 bits per heavy atom. The molecule has 0 saturated heterocycles. The van der Waals surface area contributed by atoms with Crippen molar-refractivity contribution in [3.63, 3.8) is 0 Å². The van der Waals surface area contributed by atoms with Gasteiger partial charge in [0.25, 0.3) is 0 Å². The zero-order valence-electron chi connectivity index (χ0n) is 7.76. The van der Waals surface area contributed by atoms with Crippen LogP contribution < -0.4 is 0 Å². The van der Waals surface area contributed by atoms with Crippen LogP contribution in [0.15, 0.2) is 6.07 Å². The summed E-state index contributed by atoms with van der Waals surface area (Å²) < 4.78 is 0. The average Bonchev–Trinajstić information content (AvgIpc) is 1.95. The summed E-state index contributed by atoms with van der Waals surface area (Å²) >= 11 is 5.84. The molecule has 0 unspecified atom stereocenters. The van der Waals surface area contributed by atoms with Gasteiger partial charge in [0.1, 0.15) is 11.0 Å². The molecular weight excluding hydrogens is 184 g/mol. The largest absolute Gasteiger partial charge is 0.238 e. The number of aryl methyl sites for hydroxylation is 1. The molecule has 0 aromatic carbocycles. The first-order valence-electron chi connectivity index (χ1n) is 4.74. The van der Waals surface area contributed by atoms with Crippen molar-refractivity contribution in [2.75, 3.05) is 0 Å². The summed E-state index contributed by atoms with van der Waals surface area (Å²) in [6.45, 7) is 1.96. The van der Waals surface area contributed by atoms with Crippen LogP contribution in [-0.4, -0.2) is 9.97 Å². The van der Waals surface area contributed by atoms with Gasteiger partial charge < -0.3 is 0 Å². The molecule has 0 aliphatic heterocycles. The molecular formula is C10H13ClN2. The maximum Gasteiger partial charge on any atom is 0.133 e. The number of aromatic nitrogens is 2. The van der Waals surface area contributed by atoms with Crippen molar-refractivity contribution in [2.45, 2.75) is 32.6 Å². The van der Waals surface area contributed by atoms with Gasteiger partial charge in [-0.25, -0.2) is 9.97 Å². The molecule has 1 saturated carbocycles. The van der Waals surface area contributed by atoms with E-state index in [1.165, 1.54) is 19.3 Å². The van der Waals surface area contributed by atoms with Crippen molar-refractivity contribution in [2.24, 2.45) is 5.92 Å². The molecule has 3 heteroatoms. The number of hydrogen-bond acceptors (Lipinski definition) is 2. The predicted octanol–water partition coefficient (Wildman–Crippen LogP) is 2.78. The van der Waals surface area contributed by atoms with Crippen LogP contribution in [0.2, 0.25) is 5.15 Å². The molecule has 1 fully saturated rings. The van der Waals surface area contributed by atoms with Crippen molar-refractivity contribution in [1.29, 1.82) is 0 Å². The molecule has 2 nitrogen and oxygen atoms in total. The van der Waals surface area contributed by atoms with Crippen LogP contribution in [0.4, 0.5) is 0 Å². The third-order valence-electron chi connectivity index (χ3n) is 2.57. The lowest BCUT2D eigenvalue weighted by atomic mass is 9.83. The van der Waals surface area contributed by atoms with E-state index in [4.69, 9.17) is 11.6 Å². The molecule has 70 valence electrons. The molecule has 0 spiro atoms. The first kappa shape index (κ1) is 8.95. The van der Waals surface area contributed by atoms with Gasteiger partial charge in [-0.05, 0) is 18.9 Å². The van der Waals surface area contributed by atoms with Gasteiger partial charge in [0, 0.05) is 12.1 Å². The summed E-state index contributed by atoms with van der Waals surface area (Å²) in [5.74, 6) is 1.72. The number of nitrogens with zero attached hydrogens (tertiary/aromatic N) is 2. The van der Waals surface area contributed by atoms with E-state index in [9.17, 15) is 0 Å². The molecule has 0 N–H and O–H groups in total. The maximum atomic E-state index is 5.84. The Balaban J connectivity index is 2.10. The molecule has 13 heavy (non-hydrogen) atoms. The maximum absolute atomic E-state index is 5.84. The Morgan fingerprint density at radius 3 is 2.77 bits per heavy atom. The second kappa shape index (κ2) is 3.62. The van der Waals surface area contributed by atoms with Gasteiger partial charge in [-0.3, -0.25) is 0 Å². The van der Waals surface area contributed by atoms with Gasteiger partial charge in [0.05, 0.1) is 0 Å². The van der Waals surface area contributed by atoms with Crippen LogP contribution in [0.5, 0.6) is 0 Å². The summed E-state index contributed by atoms with van der Waals surface area (Å²) in [4.78, 5) is 8.57. The molecule has 0 atom stereocenters. The lowest BCUT2D eigenvalue weighted by Gasteiger charge is -2.24. The second-order valence-electron chi connectivity index (χ2n) is 3.75. The van der Waals surface area contributed by atoms with E-state index < -0.39 is 0 Å². The molecule has 1 aromatic heterocycles. The first-order chi connectivity index (χ1) is 6.24. The molecule has 0 bridgehead atoms. The topological polar surface area (TPSA) is 25.8 Å². The smallest absolute Gasteiger partial charge is 0.133 e. The summed E-state index contributed by atoms with van der Waals surface area (Å²) in [5, 5.41) is 0.571. The van der Waals surface area contributed by atoms with E-state index >= 15 is 0 Å². The van der Waals surface area contributed by atoms with Crippen molar-refractivity contribution in [3.8, 4) is 0 Å². The Hall–Kier alpha value is -0.630. The summed E-state index contributed by atoms with van der Waals surface area (Å²) in [6.07, 6.45) is 5.02. The molecule has 1 aliphatic carbocycles. The van der Waals surface area contributed by atoms with Gasteiger partial charge in [0.2, 0.25) is 0 Å². The van der Waals surface area contributed by atoms with Crippen LogP contribution in [-0.2, 0) is 6.42 Å². The van der Waals surface area contributed by atoms with Crippen molar-refractivity contribution in [3.05, 3.63) is 22.7 Å². The van der Waals surface area contributed by atoms with Crippen molar-refractivity contribution in [1.82, 2.24) is 9.97 Å². The van der Waals surface area contributed by atoms with E-state index in [0.29, 0.717) is 5.15 Å². The quantitative estimate of drug-likeness (QED) is 0.680. The van der Waals surface area contributed by atoms with Crippen LogP contribution >= 0.6 is 11.6 Å². The summed E-state index contributed by atoms with van der Waals surface area (Å²) in [5.41, 5.74) is 0.967. The third kappa shape index (κ3) is 2.19. The van der Waals surface area contributed by atoms with E-state index in [-0.39, 0.29) is 0 Å². The highest BCUT2D eigenvalue weighted by atomic mass is 35.5. The monoisotopic (exact) mass is 196 g/mol. The fraction of sp³-hybridized carbons (Fsp3) is 0.600. The molecule has 1 aliphatic rings. The fourth-order valence-corrected chi connectivity index (χ4v) is 1.89. The van der Waals surface area contributed by atoms with Gasteiger partial charge in [-0.1, -0.05) is 30.9 Å². The van der Waals surface area contributed by atoms with Crippen LogP contribution in [0.1, 0.15) is 30.8 Å². The minimum absolute atomic E-state index is 0.571. The Morgan fingerprint density at radius 1 is 1.46 bits per heavy atom. The fourth-order valence-electron chi connectivity index (χ4n) is 1.64. The standard InChI is InChI=1S/C10H13ClN2/c1-7-5-9(11)13-10(12-7)6-8-3-2-4-8/h5,8H,2-4,6H2,1H3. The number of hydrogen-bond donors (Lipinski definition) is 0. The number of halogens is 1. The van der Waals surface area contributed by atoms with E-state index in [0.717, 1.165) is 23.9 Å². The zero-order chi connectivity index (χ0) is 9.26. The third-order valence-corrected chi connectivity index (χ3v) is 2.76. The Labute approximate surface area is 83.4 Å². The normalized spacial score (nSPS) is 17.1. The van der Waals surface area contributed by atoms with E-state index in [1.807, 2.05) is 6.92 Å². The van der Waals surface area contributed by atoms with Crippen LogP contribution in [0.25, 0.3) is 0 Å². The lowest BCUT2D eigenvalue weighted by molar-refractivity contribution is 0.309. The van der Waals surface area contributed by atoms with Gasteiger partial charge in [-0.15, -0.1) is 0 Å². The minimum atomic E-state index is 0.571. The molecule has 0 amide bonds. The molecule has 1 heterocycles. The highest BCUT2D eigenvalue weighted by molar-refractivity contribution is 6.29. The van der Waals surface area contributed by atoms with Gasteiger partial charge in [0.15, 0.2) is 0 Å². The van der Waals surface area contributed by atoms with Crippen molar-refractivity contribution < 1.29 is 0 Å². The first-order valence-corrected chi connectivity index (χ1v) is 5.12. The highest BCUT2D eigenvalue weighted by Gasteiger charge is 2.19. The predicted molar refractivity (Wildman–Crippen MR) is 52.8 cm³/mol. The summed E-state index contributed by atoms with van der Waals surface area (Å²) in [7, 11) is 0. The molecule has 0 radical (unpaired) electrons. The Bertz CT molecular complexity index is 288. The van der Waals surface area contributed by atoms with Crippen LogP contribution in [0.3, 0.4) is 0 Å². The Kier molecular flexibility index (Phi) is 2.49. The zero-order valence-corrected chi connectivity index (χ0v) is 8.51. The van der Waals surface area contributed by atoms with Crippen molar-refractivity contribution >= 4 is 11.6 Å². The second-order valence-corrected chi connectivity index (χ2v) is 4.14. The summed E-state index contributed by atoms with van der Waals surface area (Å²) in [6, 6.07) is 1.80. The van der Waals surface area contributed by atoms with Gasteiger partial charge >= 0.3 is 0 Å². The van der Waals surface area contributed by atoms with Crippen LogP contribution in [0, 0.1) is 12.8 Å². The van der Waals surface area contributed by atoms with Gasteiger partial charge in [-0.2, -0.15) is 0 Å². The SMILES string of the molecule is Cc1cc(Cl)nc(CC2CCC2)n1. The average molecular weight is 197 g/mol. The number of rotatable bonds is 2. The lowest BCUT2D eigenvalue weighted by Crippen LogP contribution is -2.15. The van der Waals surface area contributed by atoms with E-state index in [1.54, 1.807) is 6.07 Å². The highest BCUT2D eigenvalue weighted by Crippen LogP contribution is 2.29. The minimum Gasteiger partial charge on any atom is -0.238 e. The van der Waals surface area contributed by atoms with E-state index in [2.05, 4.69) is 9.97 Å². The molecule has 2 rings (SSSR count). The molecule has 1 aromatic rings.